The van der Waals surface area contributed by atoms with E-state index in [-0.39, 0.29) is 0 Å². The Morgan fingerprint density at radius 1 is 1.36 bits per heavy atom. The van der Waals surface area contributed by atoms with Gasteiger partial charge in [-0.05, 0) is 6.42 Å². The Morgan fingerprint density at radius 2 is 2.29 bits per heavy atom. The van der Waals surface area contributed by atoms with Crippen LogP contribution >= 0.6 is 0 Å². The maximum atomic E-state index is 5.34. The summed E-state index contributed by atoms with van der Waals surface area (Å²) in [6, 6.07) is 0. The smallest absolute Gasteiger partial charge is 0.0946 e. The van der Waals surface area contributed by atoms with Crippen molar-refractivity contribution in [1.82, 2.24) is 14.9 Å². The molecule has 1 aromatic heterocycles. The summed E-state index contributed by atoms with van der Waals surface area (Å²) in [5, 5.41) is 3.31. The monoisotopic (exact) mass is 197 g/mol. The molecule has 4 nitrogen and oxygen atoms in total. The third-order valence-corrected chi connectivity index (χ3v) is 1.88. The average Bonchev–Trinajstić information content (AvgIpc) is 2.69. The molecule has 0 radical (unpaired) electrons. The number of hydrogen-bond donors (Lipinski definition) is 1. The van der Waals surface area contributed by atoms with E-state index >= 15 is 0 Å². The van der Waals surface area contributed by atoms with E-state index in [0.717, 1.165) is 39.3 Å². The van der Waals surface area contributed by atoms with Crippen molar-refractivity contribution in [3.63, 3.8) is 0 Å². The lowest BCUT2D eigenvalue weighted by Gasteiger charge is -2.05. The van der Waals surface area contributed by atoms with Crippen molar-refractivity contribution in [3.8, 4) is 0 Å². The van der Waals surface area contributed by atoms with Crippen molar-refractivity contribution in [1.29, 1.82) is 0 Å². The lowest BCUT2D eigenvalue weighted by Crippen LogP contribution is -2.23. The summed E-state index contributed by atoms with van der Waals surface area (Å²) in [7, 11) is 0. The highest BCUT2D eigenvalue weighted by Gasteiger charge is 1.90. The molecule has 1 N–H and O–H groups in total. The zero-order chi connectivity index (χ0) is 10.1. The summed E-state index contributed by atoms with van der Waals surface area (Å²) in [5.74, 6) is 0. The molecule has 0 unspecified atom stereocenters. The van der Waals surface area contributed by atoms with Crippen molar-refractivity contribution in [2.45, 2.75) is 19.9 Å². The van der Waals surface area contributed by atoms with E-state index in [1.807, 2.05) is 12.5 Å². The van der Waals surface area contributed by atoms with Gasteiger partial charge in [0.1, 0.15) is 0 Å². The Kier molecular flexibility index (Phi) is 6.02. The number of imidazole rings is 1. The zero-order valence-corrected chi connectivity index (χ0v) is 8.78. The van der Waals surface area contributed by atoms with Gasteiger partial charge in [-0.1, -0.05) is 6.92 Å². The van der Waals surface area contributed by atoms with E-state index in [4.69, 9.17) is 4.74 Å². The number of nitrogens with one attached hydrogen (secondary N) is 1. The molecular weight excluding hydrogens is 178 g/mol. The molecule has 4 heteroatoms. The zero-order valence-electron chi connectivity index (χ0n) is 8.78. The van der Waals surface area contributed by atoms with Crippen LogP contribution in [-0.2, 0) is 11.3 Å². The van der Waals surface area contributed by atoms with E-state index in [0.29, 0.717) is 0 Å². The van der Waals surface area contributed by atoms with Gasteiger partial charge in [-0.2, -0.15) is 0 Å². The molecule has 0 aliphatic rings. The predicted molar refractivity (Wildman–Crippen MR) is 56.2 cm³/mol. The summed E-state index contributed by atoms with van der Waals surface area (Å²) in [4.78, 5) is 3.97. The fourth-order valence-electron chi connectivity index (χ4n) is 1.14. The van der Waals surface area contributed by atoms with Gasteiger partial charge in [0.25, 0.3) is 0 Å². The second-order valence-electron chi connectivity index (χ2n) is 3.16. The van der Waals surface area contributed by atoms with Gasteiger partial charge in [-0.3, -0.25) is 0 Å². The van der Waals surface area contributed by atoms with Crippen LogP contribution in [0, 0.1) is 0 Å². The highest BCUT2D eigenvalue weighted by molar-refractivity contribution is 4.73. The quantitative estimate of drug-likeness (QED) is 0.629. The first-order chi connectivity index (χ1) is 6.93. The van der Waals surface area contributed by atoms with Gasteiger partial charge in [0.2, 0.25) is 0 Å². The van der Waals surface area contributed by atoms with Gasteiger partial charge in [0.05, 0.1) is 12.9 Å². The predicted octanol–water partition coefficient (Wildman–Crippen LogP) is 0.899. The molecule has 0 saturated carbocycles. The van der Waals surface area contributed by atoms with E-state index in [9.17, 15) is 0 Å². The molecule has 0 aliphatic heterocycles. The van der Waals surface area contributed by atoms with Crippen LogP contribution in [0.15, 0.2) is 18.7 Å². The maximum absolute atomic E-state index is 5.34. The minimum Gasteiger partial charge on any atom is -0.380 e. The Morgan fingerprint density at radius 3 is 3.00 bits per heavy atom. The molecule has 1 rings (SSSR count). The van der Waals surface area contributed by atoms with Crippen LogP contribution in [0.4, 0.5) is 0 Å². The van der Waals surface area contributed by atoms with E-state index in [2.05, 4.69) is 21.8 Å². The lowest BCUT2D eigenvalue weighted by atomic mass is 10.5. The number of nitrogens with zero attached hydrogens (tertiary/aromatic N) is 2. The molecule has 1 heterocycles. The first-order valence-corrected chi connectivity index (χ1v) is 5.17. The van der Waals surface area contributed by atoms with Gasteiger partial charge in [0.15, 0.2) is 0 Å². The van der Waals surface area contributed by atoms with Crippen LogP contribution < -0.4 is 5.32 Å². The summed E-state index contributed by atoms with van der Waals surface area (Å²) < 4.78 is 7.39. The molecule has 0 spiro atoms. The van der Waals surface area contributed by atoms with Gasteiger partial charge in [-0.25, -0.2) is 4.98 Å². The summed E-state index contributed by atoms with van der Waals surface area (Å²) >= 11 is 0. The van der Waals surface area contributed by atoms with Crippen molar-refractivity contribution < 1.29 is 4.74 Å². The normalized spacial score (nSPS) is 10.6. The highest BCUT2D eigenvalue weighted by atomic mass is 16.5. The molecule has 14 heavy (non-hydrogen) atoms. The number of ether oxygens (including phenoxy) is 1. The Labute approximate surface area is 85.3 Å². The molecule has 0 aliphatic carbocycles. The summed E-state index contributed by atoms with van der Waals surface area (Å²) in [6.45, 7) is 6.64. The molecule has 0 atom stereocenters. The highest BCUT2D eigenvalue weighted by Crippen LogP contribution is 1.83. The van der Waals surface area contributed by atoms with Crippen LogP contribution in [0.1, 0.15) is 13.3 Å². The van der Waals surface area contributed by atoms with Crippen LogP contribution in [-0.4, -0.2) is 35.9 Å². The van der Waals surface area contributed by atoms with Crippen molar-refractivity contribution in [3.05, 3.63) is 18.7 Å². The SMILES string of the molecule is CCCOCCNCCn1ccnc1. The van der Waals surface area contributed by atoms with Crippen LogP contribution in [0.3, 0.4) is 0 Å². The Hall–Kier alpha value is -0.870. The molecule has 0 amide bonds. The van der Waals surface area contributed by atoms with E-state index < -0.39 is 0 Å². The fraction of sp³-hybridized carbons (Fsp3) is 0.700. The van der Waals surface area contributed by atoms with Crippen molar-refractivity contribution >= 4 is 0 Å². The summed E-state index contributed by atoms with van der Waals surface area (Å²) in [6.07, 6.45) is 6.68. The van der Waals surface area contributed by atoms with E-state index in [1.165, 1.54) is 0 Å². The van der Waals surface area contributed by atoms with Gasteiger partial charge < -0.3 is 14.6 Å². The number of rotatable bonds is 8. The molecule has 80 valence electrons. The molecule has 0 fully saturated rings. The minimum atomic E-state index is 0.803. The second kappa shape index (κ2) is 7.53. The molecule has 0 saturated heterocycles. The van der Waals surface area contributed by atoms with Crippen LogP contribution in [0.25, 0.3) is 0 Å². The average molecular weight is 197 g/mol. The molecule has 1 aromatic rings. The first-order valence-electron chi connectivity index (χ1n) is 5.17. The number of hydrogen-bond acceptors (Lipinski definition) is 3. The first kappa shape index (κ1) is 11.2. The molecule has 0 aromatic carbocycles. The lowest BCUT2D eigenvalue weighted by molar-refractivity contribution is 0.136. The Bertz CT molecular complexity index is 211. The topological polar surface area (TPSA) is 39.1 Å². The van der Waals surface area contributed by atoms with Gasteiger partial charge in [-0.15, -0.1) is 0 Å². The van der Waals surface area contributed by atoms with Gasteiger partial charge >= 0.3 is 0 Å². The fourth-order valence-corrected chi connectivity index (χ4v) is 1.14. The third kappa shape index (κ3) is 4.99. The largest absolute Gasteiger partial charge is 0.380 e. The Balaban J connectivity index is 1.85. The molecular formula is C10H19N3O. The van der Waals surface area contributed by atoms with Crippen LogP contribution in [0.5, 0.6) is 0 Å². The van der Waals surface area contributed by atoms with Crippen LogP contribution in [0.2, 0.25) is 0 Å². The second-order valence-corrected chi connectivity index (χ2v) is 3.16. The summed E-state index contributed by atoms with van der Waals surface area (Å²) in [5.41, 5.74) is 0. The third-order valence-electron chi connectivity index (χ3n) is 1.88. The van der Waals surface area contributed by atoms with Crippen molar-refractivity contribution in [2.75, 3.05) is 26.3 Å². The van der Waals surface area contributed by atoms with E-state index in [1.54, 1.807) is 6.20 Å². The van der Waals surface area contributed by atoms with Crippen molar-refractivity contribution in [2.24, 2.45) is 0 Å². The minimum absolute atomic E-state index is 0.803. The van der Waals surface area contributed by atoms with Gasteiger partial charge in [0, 0.05) is 38.6 Å². The number of aromatic nitrogens is 2. The molecule has 0 bridgehead atoms. The maximum Gasteiger partial charge on any atom is 0.0946 e. The standard InChI is InChI=1S/C10H19N3O/c1-2-8-14-9-5-11-3-6-13-7-4-12-10-13/h4,7,10-11H,2-3,5-6,8-9H2,1H3.